The minimum absolute atomic E-state index is 0.215. The van der Waals surface area contributed by atoms with Gasteiger partial charge in [0, 0.05) is 49.5 Å². The maximum atomic E-state index is 5.94. The molecule has 3 rings (SSSR count). The fraction of sp³-hybridized carbons (Fsp3) is 0.611. The van der Waals surface area contributed by atoms with Crippen molar-refractivity contribution in [1.29, 1.82) is 0 Å². The molecule has 0 spiro atoms. The number of guanidine groups is 1. The van der Waals surface area contributed by atoms with Crippen LogP contribution in [-0.2, 0) is 11.3 Å². The van der Waals surface area contributed by atoms with Crippen LogP contribution < -0.4 is 10.6 Å². The Hall–Kier alpha value is -0.950. The number of nitrogens with one attached hydrogen (secondary N) is 2. The van der Waals surface area contributed by atoms with E-state index in [-0.39, 0.29) is 5.54 Å². The first kappa shape index (κ1) is 18.8. The van der Waals surface area contributed by atoms with Crippen molar-refractivity contribution in [2.45, 2.75) is 18.5 Å². The third-order valence-corrected chi connectivity index (χ3v) is 6.43. The van der Waals surface area contributed by atoms with Crippen molar-refractivity contribution in [3.8, 4) is 0 Å². The Morgan fingerprint density at radius 2 is 2.04 bits per heavy atom. The summed E-state index contributed by atoms with van der Waals surface area (Å²) in [6.45, 7) is 5.39. The lowest BCUT2D eigenvalue weighted by Crippen LogP contribution is -2.60. The van der Waals surface area contributed by atoms with E-state index >= 15 is 0 Å². The second-order valence-electron chi connectivity index (χ2n) is 6.53. The van der Waals surface area contributed by atoms with E-state index < -0.39 is 0 Å². The number of hydrogen-bond donors (Lipinski definition) is 2. The number of halogens is 1. The van der Waals surface area contributed by atoms with Gasteiger partial charge < -0.3 is 15.4 Å². The Morgan fingerprint density at radius 3 is 2.68 bits per heavy atom. The Bertz CT molecular complexity index is 569. The molecule has 2 aliphatic rings. The van der Waals surface area contributed by atoms with Gasteiger partial charge in [-0.3, -0.25) is 9.89 Å². The van der Waals surface area contributed by atoms with Crippen LogP contribution in [0.2, 0.25) is 5.02 Å². The monoisotopic (exact) mass is 382 g/mol. The van der Waals surface area contributed by atoms with Crippen molar-refractivity contribution in [2.24, 2.45) is 4.99 Å². The summed E-state index contributed by atoms with van der Waals surface area (Å²) in [5, 5.41) is 7.70. The number of thioether (sulfide) groups is 1. The van der Waals surface area contributed by atoms with Gasteiger partial charge in [-0.2, -0.15) is 11.8 Å². The molecular weight excluding hydrogens is 356 g/mol. The molecule has 2 heterocycles. The summed E-state index contributed by atoms with van der Waals surface area (Å²) in [7, 11) is 1.82. The molecule has 0 amide bonds. The molecule has 138 valence electrons. The van der Waals surface area contributed by atoms with E-state index in [4.69, 9.17) is 16.3 Å². The van der Waals surface area contributed by atoms with Crippen molar-refractivity contribution in [1.82, 2.24) is 15.5 Å². The third kappa shape index (κ3) is 5.03. The summed E-state index contributed by atoms with van der Waals surface area (Å²) in [5.41, 5.74) is 1.40. The van der Waals surface area contributed by atoms with E-state index in [1.165, 1.54) is 23.5 Å². The zero-order chi connectivity index (χ0) is 17.5. The maximum absolute atomic E-state index is 5.94. The SMILES string of the molecule is CN=C(NCc1ccc(Cl)cc1)NCC1(N2CCOCC2)CCSC1. The van der Waals surface area contributed by atoms with E-state index in [2.05, 4.69) is 32.3 Å². The highest BCUT2D eigenvalue weighted by atomic mass is 35.5. The number of morpholine rings is 1. The van der Waals surface area contributed by atoms with E-state index in [0.717, 1.165) is 50.4 Å². The minimum Gasteiger partial charge on any atom is -0.379 e. The van der Waals surface area contributed by atoms with Gasteiger partial charge in [0.25, 0.3) is 0 Å². The molecule has 5 nitrogen and oxygen atoms in total. The Kier molecular flexibility index (Phi) is 6.87. The second-order valence-corrected chi connectivity index (χ2v) is 8.07. The molecule has 25 heavy (non-hydrogen) atoms. The van der Waals surface area contributed by atoms with Crippen LogP contribution >= 0.6 is 23.4 Å². The van der Waals surface area contributed by atoms with Crippen LogP contribution in [0.25, 0.3) is 0 Å². The van der Waals surface area contributed by atoms with Gasteiger partial charge in [0.2, 0.25) is 0 Å². The molecule has 0 radical (unpaired) electrons. The molecule has 0 aromatic heterocycles. The van der Waals surface area contributed by atoms with E-state index in [0.29, 0.717) is 0 Å². The fourth-order valence-electron chi connectivity index (χ4n) is 3.39. The molecule has 0 bridgehead atoms. The molecule has 2 aliphatic heterocycles. The first-order valence-electron chi connectivity index (χ1n) is 8.81. The first-order chi connectivity index (χ1) is 12.2. The normalized spacial score (nSPS) is 25.1. The highest BCUT2D eigenvalue weighted by Crippen LogP contribution is 2.33. The predicted molar refractivity (Wildman–Crippen MR) is 107 cm³/mol. The smallest absolute Gasteiger partial charge is 0.191 e. The average Bonchev–Trinajstić information content (AvgIpc) is 3.14. The Balaban J connectivity index is 1.54. The summed E-state index contributed by atoms with van der Waals surface area (Å²) in [5.74, 6) is 3.25. The molecule has 1 aromatic carbocycles. The quantitative estimate of drug-likeness (QED) is 0.604. The van der Waals surface area contributed by atoms with Crippen molar-refractivity contribution < 1.29 is 4.74 Å². The lowest BCUT2D eigenvalue weighted by molar-refractivity contribution is -0.0120. The van der Waals surface area contributed by atoms with Crippen LogP contribution in [0.5, 0.6) is 0 Å². The highest BCUT2D eigenvalue weighted by Gasteiger charge is 2.40. The number of ether oxygens (including phenoxy) is 1. The van der Waals surface area contributed by atoms with Gasteiger partial charge in [0.05, 0.1) is 13.2 Å². The lowest BCUT2D eigenvalue weighted by atomic mass is 9.95. The Labute approximate surface area is 159 Å². The molecule has 2 saturated heterocycles. The number of hydrogen-bond acceptors (Lipinski definition) is 4. The van der Waals surface area contributed by atoms with Gasteiger partial charge in [0.1, 0.15) is 0 Å². The topological polar surface area (TPSA) is 48.9 Å². The molecule has 1 aromatic rings. The fourth-order valence-corrected chi connectivity index (χ4v) is 5.00. The summed E-state index contributed by atoms with van der Waals surface area (Å²) < 4.78 is 5.53. The second kappa shape index (κ2) is 9.12. The molecule has 7 heteroatoms. The van der Waals surface area contributed by atoms with Crippen LogP contribution in [0.1, 0.15) is 12.0 Å². The summed E-state index contributed by atoms with van der Waals surface area (Å²) in [6, 6.07) is 7.90. The van der Waals surface area contributed by atoms with Crippen LogP contribution in [0.3, 0.4) is 0 Å². The van der Waals surface area contributed by atoms with Gasteiger partial charge >= 0.3 is 0 Å². The van der Waals surface area contributed by atoms with Gasteiger partial charge in [-0.1, -0.05) is 23.7 Å². The van der Waals surface area contributed by atoms with Crippen molar-refractivity contribution in [3.63, 3.8) is 0 Å². The van der Waals surface area contributed by atoms with Crippen molar-refractivity contribution in [3.05, 3.63) is 34.9 Å². The van der Waals surface area contributed by atoms with Crippen molar-refractivity contribution in [2.75, 3.05) is 51.4 Å². The molecule has 2 N–H and O–H groups in total. The highest BCUT2D eigenvalue weighted by molar-refractivity contribution is 7.99. The predicted octanol–water partition coefficient (Wildman–Crippen LogP) is 2.21. The van der Waals surface area contributed by atoms with Crippen LogP contribution in [0.4, 0.5) is 0 Å². The van der Waals surface area contributed by atoms with E-state index in [1.54, 1.807) is 0 Å². The lowest BCUT2D eigenvalue weighted by Gasteiger charge is -2.43. The van der Waals surface area contributed by atoms with Gasteiger partial charge in [-0.05, 0) is 29.9 Å². The average molecular weight is 383 g/mol. The van der Waals surface area contributed by atoms with Gasteiger partial charge in [0.15, 0.2) is 5.96 Å². The summed E-state index contributed by atoms with van der Waals surface area (Å²) in [6.07, 6.45) is 1.22. The molecular formula is C18H27ClN4OS. The third-order valence-electron chi connectivity index (χ3n) is 4.95. The summed E-state index contributed by atoms with van der Waals surface area (Å²) in [4.78, 5) is 6.98. The van der Waals surface area contributed by atoms with E-state index in [9.17, 15) is 0 Å². The molecule has 0 saturated carbocycles. The first-order valence-corrected chi connectivity index (χ1v) is 10.3. The molecule has 0 aliphatic carbocycles. The minimum atomic E-state index is 0.215. The zero-order valence-corrected chi connectivity index (χ0v) is 16.3. The number of aliphatic imine (C=N–C) groups is 1. The number of nitrogens with zero attached hydrogens (tertiary/aromatic N) is 2. The largest absolute Gasteiger partial charge is 0.379 e. The van der Waals surface area contributed by atoms with Crippen LogP contribution in [0, 0.1) is 0 Å². The Morgan fingerprint density at radius 1 is 1.28 bits per heavy atom. The van der Waals surface area contributed by atoms with E-state index in [1.807, 2.05) is 31.3 Å². The van der Waals surface area contributed by atoms with Gasteiger partial charge in [-0.15, -0.1) is 0 Å². The number of rotatable bonds is 5. The maximum Gasteiger partial charge on any atom is 0.191 e. The molecule has 1 unspecified atom stereocenters. The standard InChI is InChI=1S/C18H27ClN4OS/c1-20-17(21-12-15-2-4-16(19)5-3-15)22-13-18(6-11-25-14-18)23-7-9-24-10-8-23/h2-5H,6-14H2,1H3,(H2,20,21,22). The van der Waals surface area contributed by atoms with Gasteiger partial charge in [-0.25, -0.2) is 0 Å². The van der Waals surface area contributed by atoms with Crippen LogP contribution in [-0.4, -0.2) is 67.8 Å². The van der Waals surface area contributed by atoms with Crippen molar-refractivity contribution >= 4 is 29.3 Å². The number of benzene rings is 1. The summed E-state index contributed by atoms with van der Waals surface area (Å²) >= 11 is 7.99. The molecule has 2 fully saturated rings. The molecule has 1 atom stereocenters. The zero-order valence-electron chi connectivity index (χ0n) is 14.8. The van der Waals surface area contributed by atoms with Crippen LogP contribution in [0.15, 0.2) is 29.3 Å².